The lowest BCUT2D eigenvalue weighted by atomic mass is 10.1. The van der Waals surface area contributed by atoms with Crippen molar-refractivity contribution in [2.24, 2.45) is 0 Å². The summed E-state index contributed by atoms with van der Waals surface area (Å²) in [5.41, 5.74) is 1.85. The summed E-state index contributed by atoms with van der Waals surface area (Å²) in [6.45, 7) is 5.31. The van der Waals surface area contributed by atoms with Gasteiger partial charge in [-0.15, -0.1) is 0 Å². The number of aryl methyl sites for hydroxylation is 1. The summed E-state index contributed by atoms with van der Waals surface area (Å²) in [7, 11) is -1.41. The number of likely N-dealkylation sites (N-methyl/N-ethyl adjacent to an activating group) is 1. The molecule has 1 atom stereocenters. The van der Waals surface area contributed by atoms with Gasteiger partial charge in [0.05, 0.1) is 24.8 Å². The number of nitrogens with zero attached hydrogens (tertiary/aromatic N) is 2. The van der Waals surface area contributed by atoms with E-state index in [0.717, 1.165) is 9.87 Å². The Morgan fingerprint density at radius 2 is 1.61 bits per heavy atom. The first-order valence-electron chi connectivity index (χ1n) is 13.2. The highest BCUT2D eigenvalue weighted by molar-refractivity contribution is 7.92. The first-order valence-corrected chi connectivity index (χ1v) is 15.0. The van der Waals surface area contributed by atoms with Gasteiger partial charge in [0.2, 0.25) is 11.8 Å². The van der Waals surface area contributed by atoms with Gasteiger partial charge in [0.25, 0.3) is 10.0 Å². The number of nitrogens with one attached hydrogen (secondary N) is 1. The quantitative estimate of drug-likeness (QED) is 0.302. The van der Waals surface area contributed by atoms with Crippen molar-refractivity contribution in [1.82, 2.24) is 10.2 Å². The molecule has 220 valence electrons. The lowest BCUT2D eigenvalue weighted by Crippen LogP contribution is -2.52. The molecule has 0 saturated heterocycles. The fourth-order valence-electron chi connectivity index (χ4n) is 4.37. The second-order valence-electron chi connectivity index (χ2n) is 9.30. The highest BCUT2D eigenvalue weighted by Crippen LogP contribution is 2.32. The zero-order valence-corrected chi connectivity index (χ0v) is 25.5. The Labute approximate surface area is 247 Å². The molecule has 0 heterocycles. The van der Waals surface area contributed by atoms with Gasteiger partial charge in [0, 0.05) is 24.2 Å². The molecule has 41 heavy (non-hydrogen) atoms. The van der Waals surface area contributed by atoms with Crippen LogP contribution in [0.5, 0.6) is 11.5 Å². The molecule has 0 fully saturated rings. The van der Waals surface area contributed by atoms with Crippen molar-refractivity contribution in [2.45, 2.75) is 44.7 Å². The van der Waals surface area contributed by atoms with E-state index in [2.05, 4.69) is 5.32 Å². The predicted molar refractivity (Wildman–Crippen MR) is 160 cm³/mol. The molecule has 0 bridgehead atoms. The minimum atomic E-state index is -4.27. The molecule has 0 aliphatic heterocycles. The third-order valence-corrected chi connectivity index (χ3v) is 8.72. The van der Waals surface area contributed by atoms with Crippen LogP contribution in [0.3, 0.4) is 0 Å². The largest absolute Gasteiger partial charge is 0.493 e. The molecule has 9 nitrogen and oxygen atoms in total. The molecular weight excluding hydrogens is 566 g/mol. The summed E-state index contributed by atoms with van der Waals surface area (Å²) in [5.74, 6) is -0.304. The molecule has 1 unspecified atom stereocenters. The summed E-state index contributed by atoms with van der Waals surface area (Å²) >= 11 is 6.42. The minimum Gasteiger partial charge on any atom is -0.493 e. The fourth-order valence-corrected chi connectivity index (χ4v) is 5.99. The highest BCUT2D eigenvalue weighted by Gasteiger charge is 2.34. The van der Waals surface area contributed by atoms with Crippen LogP contribution in [0.2, 0.25) is 5.02 Å². The van der Waals surface area contributed by atoms with Crippen molar-refractivity contribution in [3.8, 4) is 11.5 Å². The van der Waals surface area contributed by atoms with Gasteiger partial charge in [-0.05, 0) is 56.2 Å². The van der Waals surface area contributed by atoms with Crippen LogP contribution >= 0.6 is 11.6 Å². The second kappa shape index (κ2) is 14.2. The number of halogens is 1. The lowest BCUT2D eigenvalue weighted by molar-refractivity contribution is -0.140. The van der Waals surface area contributed by atoms with E-state index >= 15 is 0 Å². The van der Waals surface area contributed by atoms with Crippen molar-refractivity contribution >= 4 is 39.1 Å². The van der Waals surface area contributed by atoms with Crippen LogP contribution in [0.25, 0.3) is 0 Å². The Kier molecular flexibility index (Phi) is 11.0. The second-order valence-corrected chi connectivity index (χ2v) is 11.6. The van der Waals surface area contributed by atoms with Crippen LogP contribution in [-0.4, -0.2) is 58.5 Å². The number of sulfonamides is 1. The minimum absolute atomic E-state index is 0.0201. The number of hydrogen-bond donors (Lipinski definition) is 1. The Bertz CT molecular complexity index is 1460. The van der Waals surface area contributed by atoms with Crippen molar-refractivity contribution in [2.75, 3.05) is 31.6 Å². The number of methoxy groups -OCH3 is 2. The van der Waals surface area contributed by atoms with E-state index in [1.165, 1.54) is 37.3 Å². The van der Waals surface area contributed by atoms with Crippen LogP contribution in [-0.2, 0) is 26.2 Å². The van der Waals surface area contributed by atoms with Crippen LogP contribution in [0.1, 0.15) is 31.4 Å². The van der Waals surface area contributed by atoms with E-state index in [4.69, 9.17) is 21.1 Å². The third kappa shape index (κ3) is 7.51. The molecular formula is C30H36ClN3O6S. The van der Waals surface area contributed by atoms with Crippen molar-refractivity contribution < 1.29 is 27.5 Å². The molecule has 0 spiro atoms. The van der Waals surface area contributed by atoms with Gasteiger partial charge in [-0.3, -0.25) is 13.9 Å². The lowest BCUT2D eigenvalue weighted by Gasteiger charge is -2.33. The standard InChI is InChI=1S/C30H36ClN3O6S/c1-6-26(30(36)32-7-2)33(19-22-10-8-9-11-25(22)31)29(35)20-34(23-14-12-21(3)13-15-23)41(37,38)24-16-17-27(39-4)28(18-24)40-5/h8-18,26H,6-7,19-20H2,1-5H3,(H,32,36). The molecule has 2 amide bonds. The normalized spacial score (nSPS) is 11.9. The van der Waals surface area contributed by atoms with E-state index in [-0.39, 0.29) is 23.1 Å². The number of anilines is 1. The number of amides is 2. The van der Waals surface area contributed by atoms with Crippen LogP contribution < -0.4 is 19.1 Å². The highest BCUT2D eigenvalue weighted by atomic mass is 35.5. The average Bonchev–Trinajstić information content (AvgIpc) is 2.96. The fraction of sp³-hybridized carbons (Fsp3) is 0.333. The van der Waals surface area contributed by atoms with Gasteiger partial charge in [0.15, 0.2) is 11.5 Å². The van der Waals surface area contributed by atoms with Crippen LogP contribution in [0.15, 0.2) is 71.6 Å². The molecule has 0 aromatic heterocycles. The summed E-state index contributed by atoms with van der Waals surface area (Å²) in [4.78, 5) is 28.4. The summed E-state index contributed by atoms with van der Waals surface area (Å²) in [6.07, 6.45) is 0.314. The number of carbonyl (C=O) groups is 2. The van der Waals surface area contributed by atoms with Gasteiger partial charge in [0.1, 0.15) is 12.6 Å². The van der Waals surface area contributed by atoms with E-state index in [1.54, 1.807) is 62.4 Å². The Morgan fingerprint density at radius 3 is 2.20 bits per heavy atom. The molecule has 3 rings (SSSR count). The maximum atomic E-state index is 14.1. The Hall–Kier alpha value is -3.76. The van der Waals surface area contributed by atoms with Gasteiger partial charge < -0.3 is 19.7 Å². The van der Waals surface area contributed by atoms with Crippen molar-refractivity contribution in [1.29, 1.82) is 0 Å². The zero-order chi connectivity index (χ0) is 30.2. The molecule has 1 N–H and O–H groups in total. The Morgan fingerprint density at radius 1 is 0.951 bits per heavy atom. The number of benzene rings is 3. The van der Waals surface area contributed by atoms with E-state index in [0.29, 0.717) is 35.0 Å². The molecule has 0 aliphatic carbocycles. The zero-order valence-electron chi connectivity index (χ0n) is 23.9. The van der Waals surface area contributed by atoms with Crippen LogP contribution in [0, 0.1) is 6.92 Å². The predicted octanol–water partition coefficient (Wildman–Crippen LogP) is 4.80. The monoisotopic (exact) mass is 601 g/mol. The molecule has 3 aromatic rings. The number of rotatable bonds is 13. The SMILES string of the molecule is CCNC(=O)C(CC)N(Cc1ccccc1Cl)C(=O)CN(c1ccc(C)cc1)S(=O)(=O)c1ccc(OC)c(OC)c1. The average molecular weight is 602 g/mol. The van der Waals surface area contributed by atoms with Gasteiger partial charge >= 0.3 is 0 Å². The van der Waals surface area contributed by atoms with Gasteiger partial charge in [-0.25, -0.2) is 8.42 Å². The smallest absolute Gasteiger partial charge is 0.264 e. The Balaban J connectivity index is 2.10. The first-order chi connectivity index (χ1) is 19.6. The van der Waals surface area contributed by atoms with Gasteiger partial charge in [-0.1, -0.05) is 54.4 Å². The molecule has 0 radical (unpaired) electrons. The molecule has 0 aliphatic rings. The van der Waals surface area contributed by atoms with Crippen molar-refractivity contribution in [3.05, 3.63) is 82.9 Å². The topological polar surface area (TPSA) is 105 Å². The number of hydrogen-bond acceptors (Lipinski definition) is 6. The van der Waals surface area contributed by atoms with E-state index in [9.17, 15) is 18.0 Å². The summed E-state index contributed by atoms with van der Waals surface area (Å²) < 4.78 is 39.8. The molecule has 0 saturated carbocycles. The summed E-state index contributed by atoms with van der Waals surface area (Å²) in [5, 5.41) is 3.21. The maximum absolute atomic E-state index is 14.1. The molecule has 11 heteroatoms. The van der Waals surface area contributed by atoms with E-state index in [1.807, 2.05) is 6.92 Å². The van der Waals surface area contributed by atoms with Crippen molar-refractivity contribution in [3.63, 3.8) is 0 Å². The molecule has 3 aromatic carbocycles. The first kappa shape index (κ1) is 31.8. The van der Waals surface area contributed by atoms with Crippen LogP contribution in [0.4, 0.5) is 5.69 Å². The van der Waals surface area contributed by atoms with Gasteiger partial charge in [-0.2, -0.15) is 0 Å². The summed E-state index contributed by atoms with van der Waals surface area (Å²) in [6, 6.07) is 17.2. The van der Waals surface area contributed by atoms with E-state index < -0.39 is 28.5 Å². The third-order valence-electron chi connectivity index (χ3n) is 6.58. The number of ether oxygens (including phenoxy) is 2. The number of carbonyl (C=O) groups excluding carboxylic acids is 2. The maximum Gasteiger partial charge on any atom is 0.264 e.